The summed E-state index contributed by atoms with van der Waals surface area (Å²) in [6.45, 7) is 3.21. The van der Waals surface area contributed by atoms with Gasteiger partial charge in [0, 0.05) is 5.56 Å². The van der Waals surface area contributed by atoms with Crippen LogP contribution in [0.1, 0.15) is 19.4 Å². The van der Waals surface area contributed by atoms with Crippen LogP contribution < -0.4 is 0 Å². The number of halogens is 1. The molecule has 0 saturated heterocycles. The van der Waals surface area contributed by atoms with Crippen molar-refractivity contribution in [2.24, 2.45) is 5.41 Å². The van der Waals surface area contributed by atoms with E-state index in [9.17, 15) is 9.18 Å². The first-order chi connectivity index (χ1) is 7.92. The van der Waals surface area contributed by atoms with Gasteiger partial charge in [0.25, 0.3) is 0 Å². The molecule has 0 radical (unpaired) electrons. The van der Waals surface area contributed by atoms with Gasteiger partial charge in [0.15, 0.2) is 0 Å². The third kappa shape index (κ3) is 2.02. The lowest BCUT2D eigenvalue weighted by atomic mass is 9.86. The molecule has 2 aromatic rings. The van der Waals surface area contributed by atoms with E-state index < -0.39 is 11.4 Å². The fourth-order valence-corrected chi connectivity index (χ4v) is 1.79. The third-order valence-electron chi connectivity index (χ3n) is 2.84. The van der Waals surface area contributed by atoms with Crippen molar-refractivity contribution in [3.63, 3.8) is 0 Å². The van der Waals surface area contributed by atoms with Crippen molar-refractivity contribution in [2.45, 2.75) is 20.3 Å². The number of carboxylic acids is 1. The molecule has 1 aromatic carbocycles. The fraction of sp³-hybridized carbons (Fsp3) is 0.308. The zero-order chi connectivity index (χ0) is 12.6. The molecular weight excluding hydrogens is 223 g/mol. The monoisotopic (exact) mass is 236 g/mol. The van der Waals surface area contributed by atoms with Crippen molar-refractivity contribution < 1.29 is 18.7 Å². The summed E-state index contributed by atoms with van der Waals surface area (Å²) < 4.78 is 18.9. The second-order valence-electron chi connectivity index (χ2n) is 4.74. The molecule has 0 saturated carbocycles. The average Bonchev–Trinajstić information content (AvgIpc) is 2.62. The van der Waals surface area contributed by atoms with Gasteiger partial charge in [0.05, 0.1) is 17.1 Å². The highest BCUT2D eigenvalue weighted by atomic mass is 19.1. The highest BCUT2D eigenvalue weighted by Gasteiger charge is 2.29. The van der Waals surface area contributed by atoms with Crippen molar-refractivity contribution in [3.05, 3.63) is 35.8 Å². The lowest BCUT2D eigenvalue weighted by molar-refractivity contribution is -0.146. The van der Waals surface area contributed by atoms with Crippen molar-refractivity contribution in [1.29, 1.82) is 0 Å². The summed E-state index contributed by atoms with van der Waals surface area (Å²) in [4.78, 5) is 11.0. The van der Waals surface area contributed by atoms with Gasteiger partial charge in [-0.25, -0.2) is 4.39 Å². The predicted molar refractivity (Wildman–Crippen MR) is 61.3 cm³/mol. The van der Waals surface area contributed by atoms with E-state index >= 15 is 0 Å². The van der Waals surface area contributed by atoms with E-state index in [0.717, 1.165) is 0 Å². The van der Waals surface area contributed by atoms with E-state index in [-0.39, 0.29) is 12.2 Å². The molecule has 0 amide bonds. The Labute approximate surface area is 97.9 Å². The first kappa shape index (κ1) is 11.6. The minimum atomic E-state index is -0.945. The molecule has 1 N–H and O–H groups in total. The zero-order valence-electron chi connectivity index (χ0n) is 9.66. The molecule has 90 valence electrons. The second kappa shape index (κ2) is 3.87. The van der Waals surface area contributed by atoms with Crippen molar-refractivity contribution >= 4 is 16.9 Å². The van der Waals surface area contributed by atoms with E-state index in [2.05, 4.69) is 0 Å². The Bertz CT molecular complexity index is 569. The highest BCUT2D eigenvalue weighted by Crippen LogP contribution is 2.30. The van der Waals surface area contributed by atoms with E-state index in [1.807, 2.05) is 0 Å². The van der Waals surface area contributed by atoms with Crippen LogP contribution in [0.5, 0.6) is 0 Å². The van der Waals surface area contributed by atoms with Gasteiger partial charge in [-0.05, 0) is 32.4 Å². The normalized spacial score (nSPS) is 11.9. The van der Waals surface area contributed by atoms with E-state index in [1.165, 1.54) is 12.3 Å². The molecule has 0 bridgehead atoms. The first-order valence-electron chi connectivity index (χ1n) is 5.30. The van der Waals surface area contributed by atoms with Crippen LogP contribution in [0.2, 0.25) is 0 Å². The van der Waals surface area contributed by atoms with E-state index in [0.29, 0.717) is 16.5 Å². The molecule has 2 rings (SSSR count). The van der Waals surface area contributed by atoms with Crippen molar-refractivity contribution in [2.75, 3.05) is 0 Å². The molecule has 0 unspecified atom stereocenters. The van der Waals surface area contributed by atoms with Crippen LogP contribution in [-0.2, 0) is 11.2 Å². The fourth-order valence-electron chi connectivity index (χ4n) is 1.79. The molecule has 4 heteroatoms. The molecule has 0 fully saturated rings. The number of hydrogen-bond acceptors (Lipinski definition) is 2. The average molecular weight is 236 g/mol. The van der Waals surface area contributed by atoms with Crippen LogP contribution in [0.4, 0.5) is 4.39 Å². The minimum Gasteiger partial charge on any atom is -0.481 e. The Balaban J connectivity index is 2.47. The van der Waals surface area contributed by atoms with Crippen molar-refractivity contribution in [1.82, 2.24) is 0 Å². The van der Waals surface area contributed by atoms with Crippen LogP contribution in [0.15, 0.2) is 28.9 Å². The summed E-state index contributed by atoms with van der Waals surface area (Å²) >= 11 is 0. The van der Waals surface area contributed by atoms with Gasteiger partial charge in [-0.3, -0.25) is 4.79 Å². The molecule has 1 heterocycles. The topological polar surface area (TPSA) is 50.4 Å². The molecule has 17 heavy (non-hydrogen) atoms. The molecule has 3 nitrogen and oxygen atoms in total. The largest absolute Gasteiger partial charge is 0.481 e. The van der Waals surface area contributed by atoms with Crippen LogP contribution in [-0.4, -0.2) is 11.1 Å². The quantitative estimate of drug-likeness (QED) is 0.890. The standard InChI is InChI=1S/C13H13FO3/c1-13(2,12(15)16)6-8-7-17-10-5-3-4-9(14)11(8)10/h3-5,7H,6H2,1-2H3,(H,15,16). The van der Waals surface area contributed by atoms with Gasteiger partial charge in [-0.1, -0.05) is 6.07 Å². The summed E-state index contributed by atoms with van der Waals surface area (Å²) in [6.07, 6.45) is 1.66. The maximum Gasteiger partial charge on any atom is 0.309 e. The predicted octanol–water partition coefficient (Wildman–Crippen LogP) is 3.23. The Hall–Kier alpha value is -1.84. The lowest BCUT2D eigenvalue weighted by Gasteiger charge is -2.17. The van der Waals surface area contributed by atoms with Crippen LogP contribution in [0.25, 0.3) is 11.0 Å². The SMILES string of the molecule is CC(C)(Cc1coc2cccc(F)c12)C(=O)O. The number of rotatable bonds is 3. The molecule has 1 aromatic heterocycles. The minimum absolute atomic E-state index is 0.232. The van der Waals surface area contributed by atoms with Crippen LogP contribution >= 0.6 is 0 Å². The highest BCUT2D eigenvalue weighted by molar-refractivity contribution is 5.83. The summed E-state index contributed by atoms with van der Waals surface area (Å²) in [6, 6.07) is 4.57. The van der Waals surface area contributed by atoms with Gasteiger partial charge >= 0.3 is 5.97 Å². The number of hydrogen-bond donors (Lipinski definition) is 1. The Morgan fingerprint density at radius 2 is 2.18 bits per heavy atom. The molecular formula is C13H13FO3. The molecule has 0 spiro atoms. The summed E-state index contributed by atoms with van der Waals surface area (Å²) in [5, 5.41) is 9.43. The van der Waals surface area contributed by atoms with E-state index in [1.54, 1.807) is 26.0 Å². The smallest absolute Gasteiger partial charge is 0.309 e. The number of benzene rings is 1. The first-order valence-corrected chi connectivity index (χ1v) is 5.30. The Morgan fingerprint density at radius 3 is 2.82 bits per heavy atom. The molecule has 0 aliphatic carbocycles. The number of aliphatic carboxylic acids is 1. The summed E-state index contributed by atoms with van der Waals surface area (Å²) in [5.41, 5.74) is 0.0886. The Morgan fingerprint density at radius 1 is 1.47 bits per heavy atom. The van der Waals surface area contributed by atoms with Crippen molar-refractivity contribution in [3.8, 4) is 0 Å². The van der Waals surface area contributed by atoms with Gasteiger partial charge in [-0.2, -0.15) is 0 Å². The van der Waals surface area contributed by atoms with Gasteiger partial charge in [-0.15, -0.1) is 0 Å². The third-order valence-corrected chi connectivity index (χ3v) is 2.84. The Kier molecular flexibility index (Phi) is 2.65. The summed E-state index contributed by atoms with van der Waals surface area (Å²) in [5.74, 6) is -1.30. The maximum atomic E-state index is 13.6. The van der Waals surface area contributed by atoms with Gasteiger partial charge < -0.3 is 9.52 Å². The van der Waals surface area contributed by atoms with Crippen LogP contribution in [0, 0.1) is 11.2 Å². The molecule has 0 aliphatic heterocycles. The number of furan rings is 1. The second-order valence-corrected chi connectivity index (χ2v) is 4.74. The zero-order valence-corrected chi connectivity index (χ0v) is 9.66. The molecule has 0 atom stereocenters. The van der Waals surface area contributed by atoms with Gasteiger partial charge in [0.1, 0.15) is 11.4 Å². The molecule has 0 aliphatic rings. The maximum absolute atomic E-state index is 13.6. The number of carboxylic acid groups (broad SMARTS) is 1. The number of carbonyl (C=O) groups is 1. The van der Waals surface area contributed by atoms with Crippen LogP contribution in [0.3, 0.4) is 0 Å². The summed E-state index contributed by atoms with van der Waals surface area (Å²) in [7, 11) is 0. The number of fused-ring (bicyclic) bond motifs is 1. The lowest BCUT2D eigenvalue weighted by Crippen LogP contribution is -2.26. The van der Waals surface area contributed by atoms with E-state index in [4.69, 9.17) is 9.52 Å². The van der Waals surface area contributed by atoms with Gasteiger partial charge in [0.2, 0.25) is 0 Å².